The van der Waals surface area contributed by atoms with Gasteiger partial charge in [-0.1, -0.05) is 59.8 Å². The van der Waals surface area contributed by atoms with E-state index in [9.17, 15) is 0 Å². The number of hydrogen-bond donors (Lipinski definition) is 0. The van der Waals surface area contributed by atoms with Crippen molar-refractivity contribution in [3.05, 3.63) is 0 Å². The fraction of sp³-hybridized carbons (Fsp3) is 1.00. The molecule has 0 spiro atoms. The summed E-state index contributed by atoms with van der Waals surface area (Å²) in [6.45, 7) is 9.96. The van der Waals surface area contributed by atoms with E-state index in [1.165, 1.54) is 63.5 Å². The van der Waals surface area contributed by atoms with Gasteiger partial charge in [0.05, 0.1) is 0 Å². The first-order chi connectivity index (χ1) is 9.02. The predicted molar refractivity (Wildman–Crippen MR) is 88.9 cm³/mol. The molecular weight excluding hydrogens is 248 g/mol. The highest BCUT2D eigenvalue weighted by atomic mass is 32.2. The Labute approximate surface area is 125 Å². The van der Waals surface area contributed by atoms with E-state index in [0.29, 0.717) is 10.8 Å². The van der Waals surface area contributed by atoms with Crippen LogP contribution >= 0.6 is 11.8 Å². The van der Waals surface area contributed by atoms with Crippen LogP contribution in [0.3, 0.4) is 0 Å². The Bertz CT molecular complexity index is 283. The van der Waals surface area contributed by atoms with Crippen molar-refractivity contribution in [3.63, 3.8) is 0 Å². The van der Waals surface area contributed by atoms with Crippen LogP contribution in [0.4, 0.5) is 0 Å². The van der Waals surface area contributed by atoms with Crippen LogP contribution in [0.1, 0.15) is 85.5 Å². The zero-order valence-electron chi connectivity index (χ0n) is 13.6. The van der Waals surface area contributed by atoms with Gasteiger partial charge in [-0.2, -0.15) is 11.8 Å². The van der Waals surface area contributed by atoms with Crippen molar-refractivity contribution in [2.75, 3.05) is 5.75 Å². The van der Waals surface area contributed by atoms with Gasteiger partial charge in [0.15, 0.2) is 0 Å². The minimum absolute atomic E-state index is 0.603. The molecule has 2 saturated carbocycles. The second-order valence-corrected chi connectivity index (χ2v) is 9.05. The molecule has 0 radical (unpaired) electrons. The van der Waals surface area contributed by atoms with E-state index < -0.39 is 0 Å². The first kappa shape index (κ1) is 15.7. The second kappa shape index (κ2) is 6.41. The van der Waals surface area contributed by atoms with Crippen LogP contribution in [0.2, 0.25) is 0 Å². The SMILES string of the molecule is CCCCCCCCSC1C[C@@H]2CC[C@@]1(C)C2(C)C. The van der Waals surface area contributed by atoms with Crippen molar-refractivity contribution in [3.8, 4) is 0 Å². The lowest BCUT2D eigenvalue weighted by atomic mass is 9.71. The molecule has 0 amide bonds. The van der Waals surface area contributed by atoms with Crippen molar-refractivity contribution in [1.29, 1.82) is 0 Å². The highest BCUT2D eigenvalue weighted by molar-refractivity contribution is 7.99. The van der Waals surface area contributed by atoms with E-state index in [1.54, 1.807) is 0 Å². The maximum Gasteiger partial charge on any atom is 0.0109 e. The molecule has 19 heavy (non-hydrogen) atoms. The molecule has 0 aromatic rings. The maximum absolute atomic E-state index is 2.58. The number of rotatable bonds is 8. The number of hydrogen-bond acceptors (Lipinski definition) is 1. The second-order valence-electron chi connectivity index (χ2n) is 7.74. The van der Waals surface area contributed by atoms with Crippen molar-refractivity contribution in [2.45, 2.75) is 90.7 Å². The summed E-state index contributed by atoms with van der Waals surface area (Å²) >= 11 is 2.31. The Balaban J connectivity index is 1.65. The summed E-state index contributed by atoms with van der Waals surface area (Å²) in [4.78, 5) is 0. The minimum atomic E-state index is 0.603. The van der Waals surface area contributed by atoms with Gasteiger partial charge in [0.25, 0.3) is 0 Å². The molecule has 0 nitrogen and oxygen atoms in total. The average Bonchev–Trinajstić information content (AvgIpc) is 2.70. The standard InChI is InChI=1S/C18H34S/c1-5-6-7-8-9-10-13-19-16-14-15-11-12-18(16,4)17(15,2)3/h15-16H,5-14H2,1-4H3/t15-,16?,18+/m0/s1. The monoisotopic (exact) mass is 282 g/mol. The summed E-state index contributed by atoms with van der Waals surface area (Å²) in [5.41, 5.74) is 1.23. The molecule has 1 heteroatoms. The van der Waals surface area contributed by atoms with Gasteiger partial charge in [0.2, 0.25) is 0 Å². The summed E-state index contributed by atoms with van der Waals surface area (Å²) in [6.07, 6.45) is 13.1. The fourth-order valence-electron chi connectivity index (χ4n) is 4.49. The van der Waals surface area contributed by atoms with E-state index in [-0.39, 0.29) is 0 Å². The Morgan fingerprint density at radius 3 is 2.26 bits per heavy atom. The van der Waals surface area contributed by atoms with Crippen molar-refractivity contribution in [1.82, 2.24) is 0 Å². The van der Waals surface area contributed by atoms with Crippen LogP contribution in [0.15, 0.2) is 0 Å². The van der Waals surface area contributed by atoms with Crippen LogP contribution in [-0.4, -0.2) is 11.0 Å². The Kier molecular flexibility index (Phi) is 5.31. The molecule has 0 heterocycles. The van der Waals surface area contributed by atoms with Crippen molar-refractivity contribution >= 4 is 11.8 Å². The average molecular weight is 283 g/mol. The quantitative estimate of drug-likeness (QED) is 0.471. The zero-order chi connectivity index (χ0) is 13.9. The molecule has 2 bridgehead atoms. The summed E-state index contributed by atoms with van der Waals surface area (Å²) in [5, 5.41) is 0.955. The van der Waals surface area contributed by atoms with Gasteiger partial charge in [-0.15, -0.1) is 0 Å². The van der Waals surface area contributed by atoms with E-state index in [4.69, 9.17) is 0 Å². The highest BCUT2D eigenvalue weighted by Gasteiger charge is 2.61. The van der Waals surface area contributed by atoms with Gasteiger partial charge < -0.3 is 0 Å². The minimum Gasteiger partial charge on any atom is -0.158 e. The smallest absolute Gasteiger partial charge is 0.0109 e. The van der Waals surface area contributed by atoms with Crippen LogP contribution in [0.25, 0.3) is 0 Å². The molecule has 3 atom stereocenters. The Hall–Kier alpha value is 0.350. The van der Waals surface area contributed by atoms with Gasteiger partial charge >= 0.3 is 0 Å². The van der Waals surface area contributed by atoms with E-state index >= 15 is 0 Å². The Morgan fingerprint density at radius 1 is 1.00 bits per heavy atom. The molecule has 2 fully saturated rings. The van der Waals surface area contributed by atoms with E-state index in [1.807, 2.05) is 0 Å². The van der Waals surface area contributed by atoms with Crippen LogP contribution in [-0.2, 0) is 0 Å². The van der Waals surface area contributed by atoms with Crippen LogP contribution in [0.5, 0.6) is 0 Å². The van der Waals surface area contributed by atoms with Gasteiger partial charge in [0.1, 0.15) is 0 Å². The molecule has 0 saturated heterocycles. The zero-order valence-corrected chi connectivity index (χ0v) is 14.5. The van der Waals surface area contributed by atoms with Gasteiger partial charge in [0, 0.05) is 5.25 Å². The largest absolute Gasteiger partial charge is 0.158 e. The van der Waals surface area contributed by atoms with Crippen LogP contribution < -0.4 is 0 Å². The molecule has 0 aliphatic heterocycles. The molecular formula is C18H34S. The summed E-state index contributed by atoms with van der Waals surface area (Å²) in [5.74, 6) is 2.43. The predicted octanol–water partition coefficient (Wildman–Crippen LogP) is 6.29. The van der Waals surface area contributed by atoms with Gasteiger partial charge in [-0.25, -0.2) is 0 Å². The van der Waals surface area contributed by atoms with Crippen LogP contribution in [0, 0.1) is 16.7 Å². The number of unbranched alkanes of at least 4 members (excludes halogenated alkanes) is 5. The molecule has 2 aliphatic rings. The lowest BCUT2D eigenvalue weighted by molar-refractivity contribution is 0.156. The molecule has 2 aliphatic carbocycles. The molecule has 0 aromatic heterocycles. The van der Waals surface area contributed by atoms with Gasteiger partial charge in [-0.05, 0) is 48.2 Å². The third kappa shape index (κ3) is 3.01. The third-order valence-electron chi connectivity index (χ3n) is 6.53. The van der Waals surface area contributed by atoms with E-state index in [0.717, 1.165) is 11.2 Å². The maximum atomic E-state index is 2.58. The highest BCUT2D eigenvalue weighted by Crippen LogP contribution is 2.68. The molecule has 1 unspecified atom stereocenters. The van der Waals surface area contributed by atoms with E-state index in [2.05, 4.69) is 39.5 Å². The number of fused-ring (bicyclic) bond motifs is 2. The summed E-state index contributed by atoms with van der Waals surface area (Å²) in [6, 6.07) is 0. The summed E-state index contributed by atoms with van der Waals surface area (Å²) < 4.78 is 0. The molecule has 0 aromatic carbocycles. The summed E-state index contributed by atoms with van der Waals surface area (Å²) in [7, 11) is 0. The Morgan fingerprint density at radius 2 is 1.68 bits per heavy atom. The lowest BCUT2D eigenvalue weighted by Crippen LogP contribution is -2.34. The van der Waals surface area contributed by atoms with Gasteiger partial charge in [-0.3, -0.25) is 0 Å². The first-order valence-electron chi connectivity index (χ1n) is 8.64. The third-order valence-corrected chi connectivity index (χ3v) is 8.17. The first-order valence-corrected chi connectivity index (χ1v) is 9.69. The molecule has 112 valence electrons. The normalized spacial score (nSPS) is 36.0. The van der Waals surface area contributed by atoms with Crippen molar-refractivity contribution < 1.29 is 0 Å². The number of thioether (sulfide) groups is 1. The van der Waals surface area contributed by atoms with Crippen molar-refractivity contribution in [2.24, 2.45) is 16.7 Å². The lowest BCUT2D eigenvalue weighted by Gasteiger charge is -2.39. The topological polar surface area (TPSA) is 0 Å². The fourth-order valence-corrected chi connectivity index (χ4v) is 6.30. The molecule has 0 N–H and O–H groups in total. The molecule has 2 rings (SSSR count).